The number of hydrogen-bond acceptors (Lipinski definition) is 3. The van der Waals surface area contributed by atoms with Crippen molar-refractivity contribution in [3.8, 4) is 11.5 Å². The molecule has 0 radical (unpaired) electrons. The second-order valence-electron chi connectivity index (χ2n) is 4.31. The normalized spacial score (nSPS) is 10.2. The molecule has 4 nitrogen and oxygen atoms in total. The number of carbonyl (C=O) groups excluding carboxylic acids is 1. The zero-order chi connectivity index (χ0) is 15.4. The van der Waals surface area contributed by atoms with E-state index in [-0.39, 0.29) is 23.8 Å². The quantitative estimate of drug-likeness (QED) is 0.902. The fourth-order valence-electron chi connectivity index (χ4n) is 1.76. The molecule has 0 spiro atoms. The Bertz CT molecular complexity index is 674. The number of phenols is 1. The van der Waals surface area contributed by atoms with E-state index in [9.17, 15) is 9.90 Å². The van der Waals surface area contributed by atoms with Gasteiger partial charge in [-0.3, -0.25) is 4.79 Å². The number of halogens is 2. The third kappa shape index (κ3) is 3.80. The van der Waals surface area contributed by atoms with E-state index in [0.29, 0.717) is 15.8 Å². The summed E-state index contributed by atoms with van der Waals surface area (Å²) >= 11 is 11.7. The maximum Gasteiger partial charge on any atom is 0.255 e. The monoisotopic (exact) mass is 325 g/mol. The van der Waals surface area contributed by atoms with Gasteiger partial charge in [-0.15, -0.1) is 0 Å². The highest BCUT2D eigenvalue weighted by molar-refractivity contribution is 6.42. The Morgan fingerprint density at radius 3 is 2.57 bits per heavy atom. The molecule has 2 N–H and O–H groups in total. The van der Waals surface area contributed by atoms with Crippen molar-refractivity contribution in [1.29, 1.82) is 0 Å². The van der Waals surface area contributed by atoms with Crippen molar-refractivity contribution in [2.75, 3.05) is 7.11 Å². The zero-order valence-corrected chi connectivity index (χ0v) is 12.7. The highest BCUT2D eigenvalue weighted by Crippen LogP contribution is 2.24. The number of phenolic OH excluding ortho intramolecular Hbond substituents is 1. The molecular formula is C15H13Cl2NO3. The second kappa shape index (κ2) is 6.70. The average Bonchev–Trinajstić information content (AvgIpc) is 2.48. The molecule has 0 aliphatic carbocycles. The van der Waals surface area contributed by atoms with Crippen molar-refractivity contribution in [2.24, 2.45) is 0 Å². The molecule has 0 aliphatic rings. The second-order valence-corrected chi connectivity index (χ2v) is 5.13. The number of aromatic hydroxyl groups is 1. The SMILES string of the molecule is COc1ccc(C(=O)NCc2ccc(Cl)c(Cl)c2)c(O)c1. The summed E-state index contributed by atoms with van der Waals surface area (Å²) in [6.45, 7) is 0.279. The van der Waals surface area contributed by atoms with Crippen molar-refractivity contribution < 1.29 is 14.6 Å². The predicted molar refractivity (Wildman–Crippen MR) is 82.3 cm³/mol. The van der Waals surface area contributed by atoms with E-state index in [4.69, 9.17) is 27.9 Å². The van der Waals surface area contributed by atoms with Gasteiger partial charge in [-0.1, -0.05) is 29.3 Å². The lowest BCUT2D eigenvalue weighted by Crippen LogP contribution is -2.22. The van der Waals surface area contributed by atoms with Crippen LogP contribution in [0.15, 0.2) is 36.4 Å². The van der Waals surface area contributed by atoms with Crippen LogP contribution in [0.5, 0.6) is 11.5 Å². The van der Waals surface area contributed by atoms with Crippen molar-refractivity contribution in [3.63, 3.8) is 0 Å². The van der Waals surface area contributed by atoms with E-state index < -0.39 is 0 Å². The molecule has 0 heterocycles. The minimum Gasteiger partial charge on any atom is -0.507 e. The summed E-state index contributed by atoms with van der Waals surface area (Å²) in [6, 6.07) is 9.59. The molecule has 0 unspecified atom stereocenters. The molecule has 0 saturated carbocycles. The van der Waals surface area contributed by atoms with Gasteiger partial charge in [-0.2, -0.15) is 0 Å². The smallest absolute Gasteiger partial charge is 0.255 e. The molecule has 0 saturated heterocycles. The van der Waals surface area contributed by atoms with Crippen LogP contribution in [0.25, 0.3) is 0 Å². The van der Waals surface area contributed by atoms with Crippen LogP contribution in [-0.2, 0) is 6.54 Å². The molecule has 110 valence electrons. The minimum atomic E-state index is -0.388. The number of hydrogen-bond donors (Lipinski definition) is 2. The van der Waals surface area contributed by atoms with Gasteiger partial charge in [0, 0.05) is 12.6 Å². The minimum absolute atomic E-state index is 0.138. The Morgan fingerprint density at radius 1 is 1.19 bits per heavy atom. The van der Waals surface area contributed by atoms with Crippen LogP contribution in [-0.4, -0.2) is 18.1 Å². The number of amides is 1. The summed E-state index contributed by atoms with van der Waals surface area (Å²) in [5, 5.41) is 13.4. The molecule has 2 rings (SSSR count). The van der Waals surface area contributed by atoms with E-state index in [2.05, 4.69) is 5.32 Å². The van der Waals surface area contributed by atoms with Crippen LogP contribution in [0, 0.1) is 0 Å². The van der Waals surface area contributed by atoms with E-state index in [1.54, 1.807) is 24.3 Å². The van der Waals surface area contributed by atoms with Gasteiger partial charge in [0.05, 0.1) is 22.7 Å². The van der Waals surface area contributed by atoms with Crippen LogP contribution in [0.2, 0.25) is 10.0 Å². The topological polar surface area (TPSA) is 58.6 Å². The van der Waals surface area contributed by atoms with Gasteiger partial charge in [-0.05, 0) is 29.8 Å². The number of methoxy groups -OCH3 is 1. The predicted octanol–water partition coefficient (Wildman–Crippen LogP) is 3.64. The van der Waals surface area contributed by atoms with Crippen molar-refractivity contribution in [1.82, 2.24) is 5.32 Å². The van der Waals surface area contributed by atoms with Crippen molar-refractivity contribution in [2.45, 2.75) is 6.54 Å². The summed E-state index contributed by atoms with van der Waals surface area (Å²) in [5.74, 6) is -0.0456. The summed E-state index contributed by atoms with van der Waals surface area (Å²) in [6.07, 6.45) is 0. The zero-order valence-electron chi connectivity index (χ0n) is 11.2. The van der Waals surface area contributed by atoms with Crippen LogP contribution < -0.4 is 10.1 Å². The van der Waals surface area contributed by atoms with E-state index in [0.717, 1.165) is 5.56 Å². The maximum atomic E-state index is 12.0. The lowest BCUT2D eigenvalue weighted by Gasteiger charge is -2.09. The van der Waals surface area contributed by atoms with Gasteiger partial charge in [-0.25, -0.2) is 0 Å². The van der Waals surface area contributed by atoms with E-state index >= 15 is 0 Å². The Morgan fingerprint density at radius 2 is 1.95 bits per heavy atom. The lowest BCUT2D eigenvalue weighted by atomic mass is 10.1. The molecule has 0 bridgehead atoms. The largest absolute Gasteiger partial charge is 0.507 e. The van der Waals surface area contributed by atoms with Crippen molar-refractivity contribution in [3.05, 3.63) is 57.6 Å². The number of ether oxygens (including phenoxy) is 1. The molecule has 6 heteroatoms. The van der Waals surface area contributed by atoms with Gasteiger partial charge >= 0.3 is 0 Å². The number of carbonyl (C=O) groups is 1. The Hall–Kier alpha value is -1.91. The van der Waals surface area contributed by atoms with Gasteiger partial charge < -0.3 is 15.2 Å². The highest BCUT2D eigenvalue weighted by atomic mass is 35.5. The number of benzene rings is 2. The van der Waals surface area contributed by atoms with Crippen LogP contribution in [0.1, 0.15) is 15.9 Å². The third-order valence-electron chi connectivity index (χ3n) is 2.89. The van der Waals surface area contributed by atoms with Gasteiger partial charge in [0.1, 0.15) is 11.5 Å². The first-order valence-electron chi connectivity index (χ1n) is 6.10. The molecule has 21 heavy (non-hydrogen) atoms. The summed E-state index contributed by atoms with van der Waals surface area (Å²) in [5.41, 5.74) is 0.988. The maximum absolute atomic E-state index is 12.0. The first-order chi connectivity index (χ1) is 10.0. The summed E-state index contributed by atoms with van der Waals surface area (Å²) in [4.78, 5) is 12.0. The van der Waals surface area contributed by atoms with E-state index in [1.807, 2.05) is 0 Å². The molecule has 0 aliphatic heterocycles. The Labute approximate surface area is 132 Å². The highest BCUT2D eigenvalue weighted by Gasteiger charge is 2.12. The molecule has 0 fully saturated rings. The number of rotatable bonds is 4. The molecular weight excluding hydrogens is 313 g/mol. The Balaban J connectivity index is 2.06. The lowest BCUT2D eigenvalue weighted by molar-refractivity contribution is 0.0948. The number of nitrogens with one attached hydrogen (secondary N) is 1. The standard InChI is InChI=1S/C15H13Cl2NO3/c1-21-10-3-4-11(14(19)7-10)15(20)18-8-9-2-5-12(16)13(17)6-9/h2-7,19H,8H2,1H3,(H,18,20). The summed E-state index contributed by atoms with van der Waals surface area (Å²) in [7, 11) is 1.48. The van der Waals surface area contributed by atoms with Gasteiger partial charge in [0.15, 0.2) is 0 Å². The molecule has 0 aromatic heterocycles. The molecule has 2 aromatic rings. The summed E-state index contributed by atoms with van der Waals surface area (Å²) < 4.78 is 4.96. The third-order valence-corrected chi connectivity index (χ3v) is 3.63. The van der Waals surface area contributed by atoms with Gasteiger partial charge in [0.25, 0.3) is 5.91 Å². The molecule has 1 amide bonds. The first kappa shape index (κ1) is 15.5. The van der Waals surface area contributed by atoms with Gasteiger partial charge in [0.2, 0.25) is 0 Å². The first-order valence-corrected chi connectivity index (χ1v) is 6.86. The average molecular weight is 326 g/mol. The fourth-order valence-corrected chi connectivity index (χ4v) is 2.08. The molecule has 2 aromatic carbocycles. The Kier molecular flexibility index (Phi) is 4.94. The van der Waals surface area contributed by atoms with Crippen LogP contribution in [0.4, 0.5) is 0 Å². The van der Waals surface area contributed by atoms with Crippen molar-refractivity contribution >= 4 is 29.1 Å². The van der Waals surface area contributed by atoms with Crippen LogP contribution in [0.3, 0.4) is 0 Å². The fraction of sp³-hybridized carbons (Fsp3) is 0.133. The van der Waals surface area contributed by atoms with E-state index in [1.165, 1.54) is 19.2 Å². The molecule has 0 atom stereocenters. The van der Waals surface area contributed by atoms with Crippen LogP contribution >= 0.6 is 23.2 Å².